The molecule has 2 fully saturated rings. The van der Waals surface area contributed by atoms with E-state index in [0.717, 1.165) is 32.4 Å². The summed E-state index contributed by atoms with van der Waals surface area (Å²) >= 11 is 0. The molecule has 0 bridgehead atoms. The summed E-state index contributed by atoms with van der Waals surface area (Å²) in [4.78, 5) is 15.3. The molecule has 3 unspecified atom stereocenters. The average molecular weight is 348 g/mol. The zero-order chi connectivity index (χ0) is 17.8. The van der Waals surface area contributed by atoms with Crippen LogP contribution in [0, 0.1) is 11.8 Å². The van der Waals surface area contributed by atoms with Gasteiger partial charge < -0.3 is 4.90 Å². The predicted octanol–water partition coefficient (Wildman–Crippen LogP) is 5.45. The van der Waals surface area contributed by atoms with Crippen molar-refractivity contribution in [3.05, 3.63) is 66.2 Å². The zero-order valence-corrected chi connectivity index (χ0v) is 15.5. The molecule has 4 rings (SSSR count). The van der Waals surface area contributed by atoms with E-state index < -0.39 is 0 Å². The lowest BCUT2D eigenvalue weighted by molar-refractivity contribution is -0.125. The van der Waals surface area contributed by atoms with Crippen molar-refractivity contribution in [2.24, 2.45) is 11.8 Å². The van der Waals surface area contributed by atoms with Crippen LogP contribution in [-0.2, 0) is 4.79 Å². The number of piperidine rings is 1. The van der Waals surface area contributed by atoms with Gasteiger partial charge >= 0.3 is 0 Å². The van der Waals surface area contributed by atoms with Crippen LogP contribution in [0.3, 0.4) is 0 Å². The zero-order valence-electron chi connectivity index (χ0n) is 15.5. The van der Waals surface area contributed by atoms with Crippen molar-refractivity contribution in [2.75, 3.05) is 18.0 Å². The molecule has 0 radical (unpaired) electrons. The van der Waals surface area contributed by atoms with Crippen LogP contribution in [0.4, 0.5) is 5.69 Å². The Hall–Kier alpha value is -2.09. The number of hydrogen-bond donors (Lipinski definition) is 0. The van der Waals surface area contributed by atoms with E-state index in [1.54, 1.807) is 0 Å². The standard InChI is InChI=1S/C24H29NO/c26-23-16-8-7-15-22(23)24(19-10-3-1-4-11-19)20-12-9-17-25(18-20)21-13-5-2-6-14-21/h1-6,10-11,13-14,20,22,24H,7-9,12,15-18H2. The van der Waals surface area contributed by atoms with Gasteiger partial charge in [-0.15, -0.1) is 0 Å². The van der Waals surface area contributed by atoms with Crippen LogP contribution in [0.15, 0.2) is 60.7 Å². The maximum atomic E-state index is 12.8. The van der Waals surface area contributed by atoms with Crippen molar-refractivity contribution >= 4 is 11.5 Å². The van der Waals surface area contributed by atoms with Gasteiger partial charge in [0.15, 0.2) is 0 Å². The van der Waals surface area contributed by atoms with Crippen LogP contribution >= 0.6 is 0 Å². The summed E-state index contributed by atoms with van der Waals surface area (Å²) < 4.78 is 0. The highest BCUT2D eigenvalue weighted by molar-refractivity contribution is 5.82. The van der Waals surface area contributed by atoms with Gasteiger partial charge in [0, 0.05) is 31.1 Å². The van der Waals surface area contributed by atoms with E-state index in [1.165, 1.54) is 30.5 Å². The van der Waals surface area contributed by atoms with E-state index in [4.69, 9.17) is 0 Å². The number of benzene rings is 2. The largest absolute Gasteiger partial charge is 0.371 e. The first-order chi connectivity index (χ1) is 12.8. The van der Waals surface area contributed by atoms with Gasteiger partial charge in [0.1, 0.15) is 5.78 Å². The third-order valence-electron chi connectivity index (χ3n) is 6.31. The van der Waals surface area contributed by atoms with E-state index in [1.807, 2.05) is 0 Å². The minimum absolute atomic E-state index is 0.215. The number of Topliss-reactive ketones (excluding diaryl/α,β-unsaturated/α-hetero) is 1. The molecular weight excluding hydrogens is 318 g/mol. The van der Waals surface area contributed by atoms with E-state index in [9.17, 15) is 4.79 Å². The number of carbonyl (C=O) groups is 1. The second-order valence-corrected chi connectivity index (χ2v) is 7.94. The fraction of sp³-hybridized carbons (Fsp3) is 0.458. The highest BCUT2D eigenvalue weighted by Gasteiger charge is 2.38. The van der Waals surface area contributed by atoms with Crippen LogP contribution < -0.4 is 4.90 Å². The summed E-state index contributed by atoms with van der Waals surface area (Å²) in [6.45, 7) is 2.19. The van der Waals surface area contributed by atoms with Gasteiger partial charge in [-0.05, 0) is 55.2 Å². The van der Waals surface area contributed by atoms with Crippen LogP contribution in [0.5, 0.6) is 0 Å². The molecule has 1 heterocycles. The fourth-order valence-electron chi connectivity index (χ4n) is 5.07. The molecule has 1 saturated heterocycles. The molecule has 2 aromatic carbocycles. The number of para-hydroxylation sites is 1. The quantitative estimate of drug-likeness (QED) is 0.733. The van der Waals surface area contributed by atoms with E-state index in [2.05, 4.69) is 65.6 Å². The number of anilines is 1. The molecule has 2 nitrogen and oxygen atoms in total. The third-order valence-corrected chi connectivity index (χ3v) is 6.31. The van der Waals surface area contributed by atoms with Crippen LogP contribution in [0.1, 0.15) is 50.0 Å². The SMILES string of the molecule is O=C1CCCCC1C(c1ccccc1)C1CCCN(c2ccccc2)C1. The summed E-state index contributed by atoms with van der Waals surface area (Å²) in [5.41, 5.74) is 2.69. The Kier molecular flexibility index (Phi) is 5.38. The lowest BCUT2D eigenvalue weighted by atomic mass is 9.68. The molecule has 2 aromatic rings. The highest BCUT2D eigenvalue weighted by Crippen LogP contribution is 2.42. The first kappa shape index (κ1) is 17.3. The van der Waals surface area contributed by atoms with Gasteiger partial charge in [0.25, 0.3) is 0 Å². The number of rotatable bonds is 4. The van der Waals surface area contributed by atoms with Gasteiger partial charge in [-0.25, -0.2) is 0 Å². The van der Waals surface area contributed by atoms with Crippen LogP contribution in [0.25, 0.3) is 0 Å². The Morgan fingerprint density at radius 3 is 2.31 bits per heavy atom. The molecule has 2 aliphatic rings. The van der Waals surface area contributed by atoms with Crippen molar-refractivity contribution < 1.29 is 4.79 Å². The molecule has 3 atom stereocenters. The third kappa shape index (κ3) is 3.70. The smallest absolute Gasteiger partial charge is 0.136 e. The Bertz CT molecular complexity index is 712. The molecule has 2 heteroatoms. The van der Waals surface area contributed by atoms with Gasteiger partial charge in [0.2, 0.25) is 0 Å². The van der Waals surface area contributed by atoms with E-state index in [-0.39, 0.29) is 5.92 Å². The molecule has 0 N–H and O–H groups in total. The van der Waals surface area contributed by atoms with Gasteiger partial charge in [-0.1, -0.05) is 55.0 Å². The number of carbonyl (C=O) groups excluding carboxylic acids is 1. The summed E-state index contributed by atoms with van der Waals surface area (Å²) in [6.07, 6.45) is 6.58. The Labute approximate surface area is 157 Å². The summed E-state index contributed by atoms with van der Waals surface area (Å²) in [5, 5.41) is 0. The molecule has 1 aliphatic heterocycles. The Morgan fingerprint density at radius 1 is 0.846 bits per heavy atom. The fourth-order valence-corrected chi connectivity index (χ4v) is 5.07. The summed E-state index contributed by atoms with van der Waals surface area (Å²) in [6, 6.07) is 21.6. The van der Waals surface area contributed by atoms with Crippen molar-refractivity contribution in [2.45, 2.75) is 44.4 Å². The van der Waals surface area contributed by atoms with Crippen LogP contribution in [-0.4, -0.2) is 18.9 Å². The molecule has 26 heavy (non-hydrogen) atoms. The average Bonchev–Trinajstić information content (AvgIpc) is 2.71. The summed E-state index contributed by atoms with van der Waals surface area (Å²) in [5.74, 6) is 1.64. The van der Waals surface area contributed by atoms with E-state index >= 15 is 0 Å². The second-order valence-electron chi connectivity index (χ2n) is 7.94. The number of hydrogen-bond acceptors (Lipinski definition) is 2. The monoisotopic (exact) mass is 347 g/mol. The molecule has 0 amide bonds. The van der Waals surface area contributed by atoms with Gasteiger partial charge in [-0.2, -0.15) is 0 Å². The molecule has 1 aliphatic carbocycles. The van der Waals surface area contributed by atoms with Crippen molar-refractivity contribution in [1.82, 2.24) is 0 Å². The van der Waals surface area contributed by atoms with Crippen LogP contribution in [0.2, 0.25) is 0 Å². The molecular formula is C24H29NO. The minimum atomic E-state index is 0.215. The van der Waals surface area contributed by atoms with Gasteiger partial charge in [0.05, 0.1) is 0 Å². The minimum Gasteiger partial charge on any atom is -0.371 e. The highest BCUT2D eigenvalue weighted by atomic mass is 16.1. The maximum absolute atomic E-state index is 12.8. The number of nitrogens with zero attached hydrogens (tertiary/aromatic N) is 1. The lowest BCUT2D eigenvalue weighted by Gasteiger charge is -2.42. The molecule has 1 saturated carbocycles. The second kappa shape index (κ2) is 8.07. The topological polar surface area (TPSA) is 20.3 Å². The first-order valence-corrected chi connectivity index (χ1v) is 10.2. The number of ketones is 1. The normalized spacial score (nSPS) is 25.1. The lowest BCUT2D eigenvalue weighted by Crippen LogP contribution is -2.41. The Morgan fingerprint density at radius 2 is 1.58 bits per heavy atom. The summed E-state index contributed by atoms with van der Waals surface area (Å²) in [7, 11) is 0. The van der Waals surface area contributed by atoms with Crippen molar-refractivity contribution in [1.29, 1.82) is 0 Å². The Balaban J connectivity index is 1.62. The van der Waals surface area contributed by atoms with Crippen molar-refractivity contribution in [3.8, 4) is 0 Å². The molecule has 0 spiro atoms. The first-order valence-electron chi connectivity index (χ1n) is 10.2. The predicted molar refractivity (Wildman–Crippen MR) is 108 cm³/mol. The maximum Gasteiger partial charge on any atom is 0.136 e. The van der Waals surface area contributed by atoms with Crippen molar-refractivity contribution in [3.63, 3.8) is 0 Å². The van der Waals surface area contributed by atoms with E-state index in [0.29, 0.717) is 17.6 Å². The van der Waals surface area contributed by atoms with Gasteiger partial charge in [-0.3, -0.25) is 4.79 Å². The molecule has 0 aromatic heterocycles. The molecule has 136 valence electrons.